The number of aromatic nitrogens is 1. The van der Waals surface area contributed by atoms with Crippen molar-refractivity contribution in [1.82, 2.24) is 10.3 Å². The topological polar surface area (TPSA) is 72.9 Å². The molecule has 0 radical (unpaired) electrons. The molecule has 2 heterocycles. The van der Waals surface area contributed by atoms with Crippen LogP contribution in [0.25, 0.3) is 0 Å². The van der Waals surface area contributed by atoms with Crippen LogP contribution in [0.4, 0.5) is 19.4 Å². The largest absolute Gasteiger partial charge is 0.491 e. The highest BCUT2D eigenvalue weighted by molar-refractivity contribution is 5.67. The van der Waals surface area contributed by atoms with Crippen LogP contribution in [0.3, 0.4) is 0 Å². The third kappa shape index (κ3) is 5.38. The van der Waals surface area contributed by atoms with Gasteiger partial charge in [-0.05, 0) is 36.8 Å². The zero-order valence-corrected chi connectivity index (χ0v) is 18.1. The standard InChI is InChI=1S/C23H27F2N3O4/c1-15(27-22(29)30-2)16-3-5-18(6-4-16)32-20-9-10-28(13-20)21-8-7-19(12-26-21)31-14-17-11-23(17,24)25/h3-8,12,15,17,20H,9-11,13-14H2,1-2H3,(H,27,29)/t15-,17?,20?/m0/s1. The molecule has 0 bridgehead atoms. The maximum Gasteiger partial charge on any atom is 0.407 e. The van der Waals surface area contributed by atoms with Crippen molar-refractivity contribution in [3.8, 4) is 11.5 Å². The van der Waals surface area contributed by atoms with Crippen LogP contribution in [0.5, 0.6) is 11.5 Å². The molecule has 1 saturated heterocycles. The van der Waals surface area contributed by atoms with Gasteiger partial charge in [0.2, 0.25) is 0 Å². The number of hydrogen-bond donors (Lipinski definition) is 1. The average Bonchev–Trinajstić information content (AvgIpc) is 3.16. The summed E-state index contributed by atoms with van der Waals surface area (Å²) in [5, 5.41) is 2.73. The Morgan fingerprint density at radius 1 is 1.25 bits per heavy atom. The molecule has 7 nitrogen and oxygen atoms in total. The molecule has 1 aromatic carbocycles. The van der Waals surface area contributed by atoms with E-state index in [1.165, 1.54) is 7.11 Å². The fraction of sp³-hybridized carbons (Fsp3) is 0.478. The van der Waals surface area contributed by atoms with Crippen molar-refractivity contribution in [3.05, 3.63) is 48.2 Å². The summed E-state index contributed by atoms with van der Waals surface area (Å²) in [5.41, 5.74) is 0.952. The number of nitrogens with zero attached hydrogens (tertiary/aromatic N) is 2. The SMILES string of the molecule is COC(=O)N[C@@H](C)c1ccc(OC2CCN(c3ccc(OCC4CC4(F)F)cn3)C2)cc1. The molecule has 1 N–H and O–H groups in total. The zero-order valence-electron chi connectivity index (χ0n) is 18.1. The highest BCUT2D eigenvalue weighted by Gasteiger charge is 2.57. The number of hydrogen-bond acceptors (Lipinski definition) is 6. The maximum absolute atomic E-state index is 12.9. The predicted molar refractivity (Wildman–Crippen MR) is 114 cm³/mol. The van der Waals surface area contributed by atoms with Crippen molar-refractivity contribution in [2.24, 2.45) is 5.92 Å². The number of methoxy groups -OCH3 is 1. The van der Waals surface area contributed by atoms with Crippen molar-refractivity contribution < 1.29 is 27.8 Å². The van der Waals surface area contributed by atoms with Crippen LogP contribution >= 0.6 is 0 Å². The fourth-order valence-corrected chi connectivity index (χ4v) is 3.67. The molecule has 4 rings (SSSR count). The summed E-state index contributed by atoms with van der Waals surface area (Å²) < 4.78 is 42.0. The Morgan fingerprint density at radius 2 is 1.97 bits per heavy atom. The molecular formula is C23H27F2N3O4. The molecule has 9 heteroatoms. The van der Waals surface area contributed by atoms with E-state index in [9.17, 15) is 13.6 Å². The smallest absolute Gasteiger partial charge is 0.407 e. The minimum absolute atomic E-state index is 0.0178. The van der Waals surface area contributed by atoms with Crippen LogP contribution in [0.2, 0.25) is 0 Å². The molecular weight excluding hydrogens is 420 g/mol. The van der Waals surface area contributed by atoms with Gasteiger partial charge in [0, 0.05) is 19.4 Å². The monoisotopic (exact) mass is 447 g/mol. The average molecular weight is 447 g/mol. The Labute approximate surface area is 185 Å². The fourth-order valence-electron chi connectivity index (χ4n) is 3.67. The minimum atomic E-state index is -2.57. The van der Waals surface area contributed by atoms with Crippen LogP contribution in [0, 0.1) is 5.92 Å². The normalized spacial score (nSPS) is 22.2. The minimum Gasteiger partial charge on any atom is -0.491 e. The van der Waals surface area contributed by atoms with E-state index in [1.807, 2.05) is 37.3 Å². The van der Waals surface area contributed by atoms with Gasteiger partial charge in [-0.1, -0.05) is 12.1 Å². The molecule has 1 saturated carbocycles. The van der Waals surface area contributed by atoms with Crippen LogP contribution < -0.4 is 19.7 Å². The first kappa shape index (κ1) is 22.1. The zero-order chi connectivity index (χ0) is 22.7. The lowest BCUT2D eigenvalue weighted by atomic mass is 10.1. The molecule has 32 heavy (non-hydrogen) atoms. The number of alkyl halides is 2. The first-order valence-electron chi connectivity index (χ1n) is 10.7. The van der Waals surface area contributed by atoms with Gasteiger partial charge in [0.15, 0.2) is 0 Å². The number of carbonyl (C=O) groups is 1. The number of alkyl carbamates (subject to hydrolysis) is 1. The van der Waals surface area contributed by atoms with Crippen molar-refractivity contribution in [2.45, 2.75) is 37.8 Å². The summed E-state index contributed by atoms with van der Waals surface area (Å²) >= 11 is 0. The number of benzene rings is 1. The summed E-state index contributed by atoms with van der Waals surface area (Å²) in [7, 11) is 1.33. The van der Waals surface area contributed by atoms with Crippen LogP contribution in [-0.2, 0) is 4.74 Å². The first-order valence-corrected chi connectivity index (χ1v) is 10.7. The van der Waals surface area contributed by atoms with Gasteiger partial charge in [0.1, 0.15) is 23.4 Å². The third-order valence-corrected chi connectivity index (χ3v) is 5.80. The van der Waals surface area contributed by atoms with E-state index in [0.717, 1.165) is 30.1 Å². The quantitative estimate of drug-likeness (QED) is 0.654. The lowest BCUT2D eigenvalue weighted by Gasteiger charge is -2.19. The van der Waals surface area contributed by atoms with E-state index in [0.29, 0.717) is 12.3 Å². The molecule has 2 aliphatic rings. The lowest BCUT2D eigenvalue weighted by molar-refractivity contribution is 0.0855. The number of halogens is 2. The molecule has 1 aliphatic carbocycles. The van der Waals surface area contributed by atoms with Crippen molar-refractivity contribution in [3.63, 3.8) is 0 Å². The summed E-state index contributed by atoms with van der Waals surface area (Å²) in [5.74, 6) is -1.19. The van der Waals surface area contributed by atoms with Crippen LogP contribution in [0.1, 0.15) is 31.4 Å². The van der Waals surface area contributed by atoms with Crippen LogP contribution in [-0.4, -0.2) is 49.9 Å². The molecule has 2 unspecified atom stereocenters. The number of rotatable bonds is 8. The van der Waals surface area contributed by atoms with E-state index in [-0.39, 0.29) is 25.2 Å². The van der Waals surface area contributed by atoms with Gasteiger partial charge >= 0.3 is 6.09 Å². The van der Waals surface area contributed by atoms with Gasteiger partial charge in [-0.25, -0.2) is 18.6 Å². The molecule has 1 amide bonds. The number of carbonyl (C=O) groups excluding carboxylic acids is 1. The van der Waals surface area contributed by atoms with Gasteiger partial charge in [0.25, 0.3) is 5.92 Å². The predicted octanol–water partition coefficient (Wildman–Crippen LogP) is 4.19. The number of anilines is 1. The van der Waals surface area contributed by atoms with Gasteiger partial charge in [-0.2, -0.15) is 0 Å². The number of pyridine rings is 1. The molecule has 2 fully saturated rings. The molecule has 1 aromatic heterocycles. The lowest BCUT2D eigenvalue weighted by Crippen LogP contribution is -2.26. The molecule has 3 atom stereocenters. The summed E-state index contributed by atoms with van der Waals surface area (Å²) in [4.78, 5) is 17.9. The number of amides is 1. The molecule has 0 spiro atoms. The van der Waals surface area contributed by atoms with E-state index in [2.05, 4.69) is 19.9 Å². The highest BCUT2D eigenvalue weighted by Crippen LogP contribution is 2.48. The van der Waals surface area contributed by atoms with Gasteiger partial charge in [0.05, 0.1) is 38.4 Å². The number of nitrogens with one attached hydrogen (secondary N) is 1. The van der Waals surface area contributed by atoms with Gasteiger partial charge in [-0.15, -0.1) is 0 Å². The Morgan fingerprint density at radius 3 is 2.59 bits per heavy atom. The first-order chi connectivity index (χ1) is 15.3. The van der Waals surface area contributed by atoms with E-state index < -0.39 is 17.9 Å². The summed E-state index contributed by atoms with van der Waals surface area (Å²) in [6, 6.07) is 11.0. The highest BCUT2D eigenvalue weighted by atomic mass is 19.3. The Balaban J connectivity index is 1.25. The Kier molecular flexibility index (Phi) is 6.34. The third-order valence-electron chi connectivity index (χ3n) is 5.80. The van der Waals surface area contributed by atoms with Crippen molar-refractivity contribution in [2.75, 3.05) is 31.7 Å². The maximum atomic E-state index is 12.9. The second-order valence-corrected chi connectivity index (χ2v) is 8.23. The van der Waals surface area contributed by atoms with Crippen LogP contribution in [0.15, 0.2) is 42.6 Å². The molecule has 1 aliphatic heterocycles. The second kappa shape index (κ2) is 9.18. The summed E-state index contributed by atoms with van der Waals surface area (Å²) in [6.07, 6.45) is 1.90. The Hall–Kier alpha value is -3.10. The van der Waals surface area contributed by atoms with Crippen molar-refractivity contribution in [1.29, 1.82) is 0 Å². The van der Waals surface area contributed by atoms with E-state index >= 15 is 0 Å². The molecule has 2 aromatic rings. The van der Waals surface area contributed by atoms with Gasteiger partial charge < -0.3 is 24.4 Å². The molecule has 172 valence electrons. The second-order valence-electron chi connectivity index (χ2n) is 8.23. The summed E-state index contributed by atoms with van der Waals surface area (Å²) in [6.45, 7) is 3.41. The van der Waals surface area contributed by atoms with E-state index in [4.69, 9.17) is 9.47 Å². The van der Waals surface area contributed by atoms with Crippen molar-refractivity contribution >= 4 is 11.9 Å². The van der Waals surface area contributed by atoms with Gasteiger partial charge in [-0.3, -0.25) is 0 Å². The Bertz CT molecular complexity index is 924. The number of ether oxygens (including phenoxy) is 3. The van der Waals surface area contributed by atoms with E-state index in [1.54, 1.807) is 12.3 Å².